The molecule has 0 saturated carbocycles. The quantitative estimate of drug-likeness (QED) is 0.372. The first-order chi connectivity index (χ1) is 17.0. The molecule has 2 atom stereocenters. The van der Waals surface area contributed by atoms with Crippen molar-refractivity contribution in [3.63, 3.8) is 0 Å². The van der Waals surface area contributed by atoms with Crippen molar-refractivity contribution in [1.82, 2.24) is 24.8 Å². The van der Waals surface area contributed by atoms with E-state index in [1.807, 2.05) is 19.9 Å². The van der Waals surface area contributed by atoms with Crippen LogP contribution in [0.3, 0.4) is 0 Å². The fourth-order valence-corrected chi connectivity index (χ4v) is 4.98. The molecule has 3 aromatic rings. The standard InChI is InChI=1S/C24H28BrFN6O3S/c1-13-8-19(25)28-10-18(13)34-21-20(36-14(2)29-21)17-6-7-27-22(31-17)30-16-9-15(26)11-32(12-16)23(33)35-24(3,4)5/h6-8,10,15-16H,9,11-12H2,1-5H3,(H,27,30,31)/t15-,16-/m0/s1. The number of ether oxygens (including phenoxy) is 2. The van der Waals surface area contributed by atoms with Crippen LogP contribution < -0.4 is 10.1 Å². The molecular formula is C24H28BrFN6O3S. The van der Waals surface area contributed by atoms with E-state index in [9.17, 15) is 9.18 Å². The van der Waals surface area contributed by atoms with Crippen molar-refractivity contribution in [1.29, 1.82) is 0 Å². The molecule has 1 aliphatic heterocycles. The maximum Gasteiger partial charge on any atom is 0.410 e. The summed E-state index contributed by atoms with van der Waals surface area (Å²) in [6.07, 6.45) is 1.77. The molecule has 0 aliphatic carbocycles. The highest BCUT2D eigenvalue weighted by atomic mass is 79.9. The van der Waals surface area contributed by atoms with Crippen LogP contribution in [0.1, 0.15) is 37.8 Å². The van der Waals surface area contributed by atoms with E-state index in [-0.39, 0.29) is 25.6 Å². The number of hydrogen-bond donors (Lipinski definition) is 1. The van der Waals surface area contributed by atoms with Gasteiger partial charge in [0.1, 0.15) is 21.3 Å². The first-order valence-electron chi connectivity index (χ1n) is 11.5. The van der Waals surface area contributed by atoms with Crippen molar-refractivity contribution in [2.24, 2.45) is 0 Å². The van der Waals surface area contributed by atoms with Crippen molar-refractivity contribution in [3.05, 3.63) is 39.7 Å². The molecular weight excluding hydrogens is 551 g/mol. The molecule has 36 heavy (non-hydrogen) atoms. The number of pyridine rings is 1. The fourth-order valence-electron chi connectivity index (χ4n) is 3.71. The zero-order chi connectivity index (χ0) is 26.0. The van der Waals surface area contributed by atoms with Crippen LogP contribution in [0.2, 0.25) is 0 Å². The van der Waals surface area contributed by atoms with E-state index in [2.05, 4.69) is 41.2 Å². The SMILES string of the molecule is Cc1nc(Oc2cnc(Br)cc2C)c(-c2ccnc(N[C@H]3C[C@H](F)CN(C(=O)OC(C)(C)C)C3)n2)s1. The third-order valence-electron chi connectivity index (χ3n) is 5.21. The number of nitrogens with one attached hydrogen (secondary N) is 1. The minimum atomic E-state index is -1.18. The van der Waals surface area contributed by atoms with Gasteiger partial charge in [-0.05, 0) is 68.2 Å². The summed E-state index contributed by atoms with van der Waals surface area (Å²) in [5, 5.41) is 3.99. The van der Waals surface area contributed by atoms with Gasteiger partial charge in [-0.3, -0.25) is 0 Å². The van der Waals surface area contributed by atoms with Gasteiger partial charge in [0, 0.05) is 25.2 Å². The number of thiazole rings is 1. The molecule has 3 aromatic heterocycles. The normalized spacial score (nSPS) is 18.1. The summed E-state index contributed by atoms with van der Waals surface area (Å²) in [6.45, 7) is 9.45. The molecule has 192 valence electrons. The zero-order valence-corrected chi connectivity index (χ0v) is 23.1. The summed E-state index contributed by atoms with van der Waals surface area (Å²) in [5.41, 5.74) is 0.872. The van der Waals surface area contributed by atoms with Gasteiger partial charge in [-0.25, -0.2) is 29.1 Å². The highest BCUT2D eigenvalue weighted by Crippen LogP contribution is 2.38. The van der Waals surface area contributed by atoms with E-state index in [4.69, 9.17) is 9.47 Å². The Kier molecular flexibility index (Phi) is 7.74. The summed E-state index contributed by atoms with van der Waals surface area (Å²) in [5.74, 6) is 1.34. The van der Waals surface area contributed by atoms with Crippen LogP contribution in [0.4, 0.5) is 15.1 Å². The number of piperidine rings is 1. The van der Waals surface area contributed by atoms with Crippen molar-refractivity contribution in [3.8, 4) is 22.2 Å². The van der Waals surface area contributed by atoms with Gasteiger partial charge < -0.3 is 19.7 Å². The van der Waals surface area contributed by atoms with Gasteiger partial charge in [0.25, 0.3) is 0 Å². The van der Waals surface area contributed by atoms with E-state index in [1.165, 1.54) is 16.2 Å². The lowest BCUT2D eigenvalue weighted by Crippen LogP contribution is -2.51. The van der Waals surface area contributed by atoms with Crippen LogP contribution in [0.15, 0.2) is 29.1 Å². The Balaban J connectivity index is 1.52. The Morgan fingerprint density at radius 1 is 1.25 bits per heavy atom. The highest BCUT2D eigenvalue weighted by molar-refractivity contribution is 9.10. The number of amides is 1. The van der Waals surface area contributed by atoms with E-state index in [1.54, 1.807) is 39.2 Å². The van der Waals surface area contributed by atoms with Gasteiger partial charge in [-0.15, -0.1) is 11.3 Å². The van der Waals surface area contributed by atoms with Crippen LogP contribution in [0.25, 0.3) is 10.6 Å². The van der Waals surface area contributed by atoms with Crippen molar-refractivity contribution < 1.29 is 18.7 Å². The first-order valence-corrected chi connectivity index (χ1v) is 13.1. The second-order valence-corrected chi connectivity index (χ2v) is 11.6. The molecule has 1 amide bonds. The minimum absolute atomic E-state index is 0.000831. The molecule has 0 bridgehead atoms. The number of aromatic nitrogens is 4. The molecule has 0 radical (unpaired) electrons. The van der Waals surface area contributed by atoms with E-state index < -0.39 is 17.9 Å². The number of aryl methyl sites for hydroxylation is 2. The third-order valence-corrected chi connectivity index (χ3v) is 6.62. The van der Waals surface area contributed by atoms with Crippen LogP contribution in [-0.4, -0.2) is 61.8 Å². The van der Waals surface area contributed by atoms with Crippen LogP contribution in [0, 0.1) is 13.8 Å². The molecule has 12 heteroatoms. The Labute approximate surface area is 221 Å². The minimum Gasteiger partial charge on any atom is -0.444 e. The van der Waals surface area contributed by atoms with Gasteiger partial charge in [-0.1, -0.05) is 0 Å². The maximum atomic E-state index is 14.5. The number of anilines is 1. The lowest BCUT2D eigenvalue weighted by molar-refractivity contribution is 0.0124. The Bertz CT molecular complexity index is 1250. The number of nitrogens with zero attached hydrogens (tertiary/aromatic N) is 5. The molecule has 1 fully saturated rings. The number of hydrogen-bond acceptors (Lipinski definition) is 9. The van der Waals surface area contributed by atoms with E-state index >= 15 is 0 Å². The summed E-state index contributed by atoms with van der Waals surface area (Å²) in [4.78, 5) is 32.3. The van der Waals surface area contributed by atoms with Crippen LogP contribution in [0.5, 0.6) is 11.6 Å². The molecule has 1 aliphatic rings. The lowest BCUT2D eigenvalue weighted by atomic mass is 10.0. The number of likely N-dealkylation sites (tertiary alicyclic amines) is 1. The third kappa shape index (κ3) is 6.67. The van der Waals surface area contributed by atoms with Gasteiger partial charge in [0.05, 0.1) is 23.4 Å². The van der Waals surface area contributed by atoms with Crippen LogP contribution in [-0.2, 0) is 4.74 Å². The monoisotopic (exact) mass is 578 g/mol. The number of alkyl halides is 1. The summed E-state index contributed by atoms with van der Waals surface area (Å²) in [6, 6.07) is 3.26. The molecule has 1 saturated heterocycles. The number of rotatable bonds is 5. The van der Waals surface area contributed by atoms with E-state index in [0.29, 0.717) is 23.3 Å². The summed E-state index contributed by atoms with van der Waals surface area (Å²) < 4.78 is 26.7. The van der Waals surface area contributed by atoms with Crippen molar-refractivity contribution >= 4 is 39.3 Å². The Hall–Kier alpha value is -2.86. The molecule has 0 spiro atoms. The first kappa shape index (κ1) is 26.2. The number of carbonyl (C=O) groups is 1. The zero-order valence-electron chi connectivity index (χ0n) is 20.7. The molecule has 9 nitrogen and oxygen atoms in total. The smallest absolute Gasteiger partial charge is 0.410 e. The summed E-state index contributed by atoms with van der Waals surface area (Å²) in [7, 11) is 0. The molecule has 4 heterocycles. The molecule has 0 unspecified atom stereocenters. The predicted molar refractivity (Wildman–Crippen MR) is 139 cm³/mol. The average Bonchev–Trinajstić information content (AvgIpc) is 3.14. The number of carbonyl (C=O) groups excluding carboxylic acids is 1. The molecule has 0 aromatic carbocycles. The predicted octanol–water partition coefficient (Wildman–Crippen LogP) is 5.93. The summed E-state index contributed by atoms with van der Waals surface area (Å²) >= 11 is 4.80. The Morgan fingerprint density at radius 2 is 2.03 bits per heavy atom. The van der Waals surface area contributed by atoms with Crippen molar-refractivity contribution in [2.45, 2.75) is 58.9 Å². The largest absolute Gasteiger partial charge is 0.444 e. The Morgan fingerprint density at radius 3 is 2.75 bits per heavy atom. The molecule has 4 rings (SSSR count). The van der Waals surface area contributed by atoms with Gasteiger partial charge in [0.15, 0.2) is 5.75 Å². The second kappa shape index (κ2) is 10.6. The fraction of sp³-hybridized carbons (Fsp3) is 0.458. The highest BCUT2D eigenvalue weighted by Gasteiger charge is 2.33. The molecule has 1 N–H and O–H groups in total. The lowest BCUT2D eigenvalue weighted by Gasteiger charge is -2.36. The van der Waals surface area contributed by atoms with Crippen LogP contribution >= 0.6 is 27.3 Å². The van der Waals surface area contributed by atoms with Gasteiger partial charge >= 0.3 is 6.09 Å². The number of halogens is 2. The van der Waals surface area contributed by atoms with E-state index in [0.717, 1.165) is 20.1 Å². The van der Waals surface area contributed by atoms with Crippen molar-refractivity contribution in [2.75, 3.05) is 18.4 Å². The van der Waals surface area contributed by atoms with Gasteiger partial charge in [0.2, 0.25) is 11.8 Å². The average molecular weight is 579 g/mol. The maximum absolute atomic E-state index is 14.5. The second-order valence-electron chi connectivity index (χ2n) is 9.57. The topological polar surface area (TPSA) is 102 Å². The van der Waals surface area contributed by atoms with Gasteiger partial charge in [-0.2, -0.15) is 0 Å².